The summed E-state index contributed by atoms with van der Waals surface area (Å²) < 4.78 is 11.3. The first-order chi connectivity index (χ1) is 13.2. The Morgan fingerprint density at radius 1 is 1.21 bits per heavy atom. The molecule has 0 spiro atoms. The Hall–Kier alpha value is -0.810. The lowest BCUT2D eigenvalue weighted by atomic mass is 10.0. The number of rotatable bonds is 6. The van der Waals surface area contributed by atoms with Crippen molar-refractivity contribution in [1.82, 2.24) is 20.4 Å². The molecule has 2 N–H and O–H groups in total. The van der Waals surface area contributed by atoms with Crippen LogP contribution < -0.4 is 10.6 Å². The van der Waals surface area contributed by atoms with Crippen molar-refractivity contribution in [1.29, 1.82) is 0 Å². The minimum absolute atomic E-state index is 0. The number of amides is 1. The van der Waals surface area contributed by atoms with E-state index >= 15 is 0 Å². The molecule has 8 nitrogen and oxygen atoms in total. The Balaban J connectivity index is 0.00000420. The SMILES string of the molecule is CCNC(=NCC1(C)CCCO1)NCCN1CCN(C(=O)OC(C)(C)C)CC1.I. The van der Waals surface area contributed by atoms with Gasteiger partial charge in [-0.05, 0) is 47.5 Å². The Kier molecular flexibility index (Phi) is 11.0. The molecular weight excluding hydrogens is 485 g/mol. The van der Waals surface area contributed by atoms with Crippen LogP contribution in [0, 0.1) is 0 Å². The molecule has 9 heteroatoms. The summed E-state index contributed by atoms with van der Waals surface area (Å²) in [4.78, 5) is 21.0. The molecule has 0 aliphatic carbocycles. The van der Waals surface area contributed by atoms with Gasteiger partial charge in [0.1, 0.15) is 5.60 Å². The zero-order valence-electron chi connectivity index (χ0n) is 18.8. The smallest absolute Gasteiger partial charge is 0.410 e. The fraction of sp³-hybridized carbons (Fsp3) is 0.900. The third-order valence-electron chi connectivity index (χ3n) is 4.96. The van der Waals surface area contributed by atoms with Crippen molar-refractivity contribution in [2.45, 2.75) is 58.7 Å². The van der Waals surface area contributed by atoms with Crippen LogP contribution in [-0.2, 0) is 9.47 Å². The van der Waals surface area contributed by atoms with Crippen molar-refractivity contribution in [3.05, 3.63) is 0 Å². The number of nitrogens with one attached hydrogen (secondary N) is 2. The van der Waals surface area contributed by atoms with Crippen molar-refractivity contribution in [3.63, 3.8) is 0 Å². The van der Waals surface area contributed by atoms with Crippen LogP contribution in [-0.4, -0.2) is 92.0 Å². The zero-order valence-corrected chi connectivity index (χ0v) is 21.1. The highest BCUT2D eigenvalue weighted by molar-refractivity contribution is 14.0. The monoisotopic (exact) mass is 525 g/mol. The molecule has 1 unspecified atom stereocenters. The summed E-state index contributed by atoms with van der Waals surface area (Å²) in [6, 6.07) is 0. The van der Waals surface area contributed by atoms with Crippen LogP contribution >= 0.6 is 24.0 Å². The first-order valence-corrected chi connectivity index (χ1v) is 10.6. The number of carbonyl (C=O) groups is 1. The quantitative estimate of drug-likeness (QED) is 0.315. The average molecular weight is 525 g/mol. The number of halogens is 1. The molecule has 2 aliphatic rings. The van der Waals surface area contributed by atoms with E-state index in [4.69, 9.17) is 14.5 Å². The zero-order chi connectivity index (χ0) is 20.6. The van der Waals surface area contributed by atoms with E-state index in [-0.39, 0.29) is 35.7 Å². The molecule has 29 heavy (non-hydrogen) atoms. The van der Waals surface area contributed by atoms with Crippen LogP contribution in [0.2, 0.25) is 0 Å². The van der Waals surface area contributed by atoms with E-state index in [0.29, 0.717) is 19.6 Å². The maximum absolute atomic E-state index is 12.1. The Morgan fingerprint density at radius 2 is 1.90 bits per heavy atom. The van der Waals surface area contributed by atoms with Crippen LogP contribution in [0.25, 0.3) is 0 Å². The maximum atomic E-state index is 12.1. The van der Waals surface area contributed by atoms with E-state index in [2.05, 4.69) is 29.4 Å². The second-order valence-corrected chi connectivity index (χ2v) is 8.83. The van der Waals surface area contributed by atoms with Crippen LogP contribution in [0.5, 0.6) is 0 Å². The van der Waals surface area contributed by atoms with Crippen molar-refractivity contribution in [3.8, 4) is 0 Å². The molecule has 1 atom stereocenters. The third kappa shape index (κ3) is 9.69. The van der Waals surface area contributed by atoms with Gasteiger partial charge in [-0.1, -0.05) is 0 Å². The van der Waals surface area contributed by atoms with E-state index < -0.39 is 5.60 Å². The Bertz CT molecular complexity index is 525. The summed E-state index contributed by atoms with van der Waals surface area (Å²) in [6.07, 6.45) is 1.97. The number of guanidine groups is 1. The summed E-state index contributed by atoms with van der Waals surface area (Å²) in [5, 5.41) is 6.71. The number of piperazine rings is 1. The molecular formula is C20H40IN5O3. The molecule has 0 bridgehead atoms. The number of hydrogen-bond acceptors (Lipinski definition) is 5. The Morgan fingerprint density at radius 3 is 2.45 bits per heavy atom. The van der Waals surface area contributed by atoms with Gasteiger partial charge in [0.15, 0.2) is 5.96 Å². The van der Waals surface area contributed by atoms with E-state index in [9.17, 15) is 4.79 Å². The van der Waals surface area contributed by atoms with E-state index in [1.165, 1.54) is 0 Å². The molecule has 0 aromatic rings. The number of nitrogens with zero attached hydrogens (tertiary/aromatic N) is 3. The van der Waals surface area contributed by atoms with Gasteiger partial charge in [0, 0.05) is 52.4 Å². The van der Waals surface area contributed by atoms with Crippen LogP contribution in [0.1, 0.15) is 47.5 Å². The van der Waals surface area contributed by atoms with Gasteiger partial charge in [0.2, 0.25) is 0 Å². The van der Waals surface area contributed by atoms with Crippen molar-refractivity contribution in [2.24, 2.45) is 4.99 Å². The topological polar surface area (TPSA) is 78.4 Å². The van der Waals surface area contributed by atoms with Gasteiger partial charge >= 0.3 is 6.09 Å². The number of hydrogen-bond donors (Lipinski definition) is 2. The molecule has 1 amide bonds. The summed E-state index contributed by atoms with van der Waals surface area (Å²) in [5.41, 5.74) is -0.568. The van der Waals surface area contributed by atoms with E-state index in [0.717, 1.165) is 58.1 Å². The first-order valence-electron chi connectivity index (χ1n) is 10.6. The van der Waals surface area contributed by atoms with Gasteiger partial charge in [0.25, 0.3) is 0 Å². The number of carbonyl (C=O) groups excluding carboxylic acids is 1. The number of aliphatic imine (C=N–C) groups is 1. The summed E-state index contributed by atoms with van der Waals surface area (Å²) >= 11 is 0. The predicted octanol–water partition coefficient (Wildman–Crippen LogP) is 2.28. The maximum Gasteiger partial charge on any atom is 0.410 e. The molecule has 2 heterocycles. The largest absolute Gasteiger partial charge is 0.444 e. The molecule has 0 aromatic heterocycles. The molecule has 2 rings (SSSR count). The second kappa shape index (κ2) is 12.1. The fourth-order valence-electron chi connectivity index (χ4n) is 3.36. The van der Waals surface area contributed by atoms with E-state index in [1.54, 1.807) is 4.90 Å². The third-order valence-corrected chi connectivity index (χ3v) is 4.96. The molecule has 2 fully saturated rings. The molecule has 2 saturated heterocycles. The lowest BCUT2D eigenvalue weighted by molar-refractivity contribution is 0.0147. The van der Waals surface area contributed by atoms with Crippen molar-refractivity contribution >= 4 is 36.0 Å². The normalized spacial score (nSPS) is 23.5. The highest BCUT2D eigenvalue weighted by Gasteiger charge is 2.29. The Labute approximate surface area is 193 Å². The van der Waals surface area contributed by atoms with Crippen molar-refractivity contribution in [2.75, 3.05) is 59.0 Å². The molecule has 170 valence electrons. The molecule has 0 aromatic carbocycles. The summed E-state index contributed by atoms with van der Waals surface area (Å²) in [5.74, 6) is 0.839. The van der Waals surface area contributed by atoms with Gasteiger partial charge in [-0.2, -0.15) is 0 Å². The van der Waals surface area contributed by atoms with Crippen molar-refractivity contribution < 1.29 is 14.3 Å². The second-order valence-electron chi connectivity index (χ2n) is 8.83. The van der Waals surface area contributed by atoms with Crippen LogP contribution in [0.4, 0.5) is 4.79 Å². The standard InChI is InChI=1S/C20H39N5O3.HI/c1-6-21-17(23-16-20(5)8-7-15-27-20)22-9-10-24-11-13-25(14-12-24)18(26)28-19(2,3)4;/h6-16H2,1-5H3,(H2,21,22,23);1H. The summed E-state index contributed by atoms with van der Waals surface area (Å²) in [6.45, 7) is 17.1. The highest BCUT2D eigenvalue weighted by atomic mass is 127. The summed E-state index contributed by atoms with van der Waals surface area (Å²) in [7, 11) is 0. The molecule has 2 aliphatic heterocycles. The lowest BCUT2D eigenvalue weighted by Gasteiger charge is -2.35. The van der Waals surface area contributed by atoms with Gasteiger partial charge in [-0.3, -0.25) is 9.89 Å². The van der Waals surface area contributed by atoms with Gasteiger partial charge in [-0.25, -0.2) is 4.79 Å². The number of ether oxygens (including phenoxy) is 2. The fourth-order valence-corrected chi connectivity index (χ4v) is 3.36. The molecule has 0 saturated carbocycles. The van der Waals surface area contributed by atoms with Gasteiger partial charge < -0.3 is 25.0 Å². The average Bonchev–Trinajstić information content (AvgIpc) is 3.06. The minimum atomic E-state index is -0.444. The van der Waals surface area contributed by atoms with Crippen LogP contribution in [0.3, 0.4) is 0 Å². The van der Waals surface area contributed by atoms with Crippen LogP contribution in [0.15, 0.2) is 4.99 Å². The predicted molar refractivity (Wildman–Crippen MR) is 127 cm³/mol. The highest BCUT2D eigenvalue weighted by Crippen LogP contribution is 2.24. The molecule has 0 radical (unpaired) electrons. The van der Waals surface area contributed by atoms with Gasteiger partial charge in [0.05, 0.1) is 12.1 Å². The van der Waals surface area contributed by atoms with E-state index in [1.807, 2.05) is 20.8 Å². The minimum Gasteiger partial charge on any atom is -0.444 e. The lowest BCUT2D eigenvalue weighted by Crippen LogP contribution is -2.51. The van der Waals surface area contributed by atoms with Gasteiger partial charge in [-0.15, -0.1) is 24.0 Å². The first kappa shape index (κ1) is 26.2.